The predicted molar refractivity (Wildman–Crippen MR) is 75.3 cm³/mol. The fraction of sp³-hybridized carbons (Fsp3) is 1.00. The van der Waals surface area contributed by atoms with Crippen LogP contribution in [0.25, 0.3) is 0 Å². The summed E-state index contributed by atoms with van der Waals surface area (Å²) in [5.74, 6) is 2.42. The van der Waals surface area contributed by atoms with Gasteiger partial charge >= 0.3 is 0 Å². The second-order valence-electron chi connectivity index (χ2n) is 4.72. The van der Waals surface area contributed by atoms with Gasteiger partial charge in [0.25, 0.3) is 0 Å². The molecule has 0 aliphatic carbocycles. The molecule has 0 bridgehead atoms. The molecule has 0 radical (unpaired) electrons. The molecule has 2 nitrogen and oxygen atoms in total. The number of rotatable bonds is 11. The van der Waals surface area contributed by atoms with Crippen molar-refractivity contribution in [2.24, 2.45) is 0 Å². The van der Waals surface area contributed by atoms with Crippen molar-refractivity contribution >= 4 is 11.8 Å². The minimum absolute atomic E-state index is 0.0756. The van der Waals surface area contributed by atoms with Crippen LogP contribution in [0.2, 0.25) is 0 Å². The molecule has 0 amide bonds. The van der Waals surface area contributed by atoms with Crippen molar-refractivity contribution < 1.29 is 5.11 Å². The molecule has 0 rings (SSSR count). The Labute approximate surface area is 106 Å². The summed E-state index contributed by atoms with van der Waals surface area (Å²) >= 11 is 2.02. The molecule has 0 aliphatic rings. The van der Waals surface area contributed by atoms with Gasteiger partial charge in [-0.25, -0.2) is 0 Å². The Bertz CT molecular complexity index is 155. The van der Waals surface area contributed by atoms with Crippen LogP contribution in [-0.2, 0) is 0 Å². The Morgan fingerprint density at radius 2 is 1.88 bits per heavy atom. The first-order chi connectivity index (χ1) is 7.68. The average molecular weight is 247 g/mol. The van der Waals surface area contributed by atoms with E-state index in [-0.39, 0.29) is 12.1 Å². The molecule has 0 saturated carbocycles. The molecule has 0 fully saturated rings. The Balaban J connectivity index is 3.53. The van der Waals surface area contributed by atoms with E-state index in [9.17, 15) is 5.11 Å². The minimum atomic E-state index is -0.0756. The third-order valence-electron chi connectivity index (χ3n) is 2.84. The lowest BCUT2D eigenvalue weighted by molar-refractivity contribution is 0.171. The SMILES string of the molecule is CCCCCSCCC(C)(CO)NCCC. The van der Waals surface area contributed by atoms with Crippen LogP contribution in [0, 0.1) is 0 Å². The van der Waals surface area contributed by atoms with Crippen LogP contribution >= 0.6 is 11.8 Å². The van der Waals surface area contributed by atoms with E-state index >= 15 is 0 Å². The highest BCUT2D eigenvalue weighted by atomic mass is 32.2. The van der Waals surface area contributed by atoms with Gasteiger partial charge in [0.1, 0.15) is 0 Å². The fourth-order valence-corrected chi connectivity index (χ4v) is 2.71. The lowest BCUT2D eigenvalue weighted by Crippen LogP contribution is -2.46. The fourth-order valence-electron chi connectivity index (χ4n) is 1.50. The van der Waals surface area contributed by atoms with Gasteiger partial charge in [0.15, 0.2) is 0 Å². The molecule has 0 spiro atoms. The van der Waals surface area contributed by atoms with Crippen molar-refractivity contribution in [2.45, 2.75) is 58.4 Å². The first-order valence-electron chi connectivity index (χ1n) is 6.62. The lowest BCUT2D eigenvalue weighted by atomic mass is 10.0. The molecule has 0 saturated heterocycles. The zero-order chi connectivity index (χ0) is 12.3. The quantitative estimate of drug-likeness (QED) is 0.550. The second-order valence-corrected chi connectivity index (χ2v) is 5.94. The number of hydrogen-bond donors (Lipinski definition) is 2. The zero-order valence-corrected chi connectivity index (χ0v) is 12.0. The van der Waals surface area contributed by atoms with E-state index in [0.717, 1.165) is 25.1 Å². The van der Waals surface area contributed by atoms with E-state index < -0.39 is 0 Å². The summed E-state index contributed by atoms with van der Waals surface area (Å²) in [6.45, 7) is 7.75. The maximum Gasteiger partial charge on any atom is 0.0610 e. The topological polar surface area (TPSA) is 32.3 Å². The maximum atomic E-state index is 9.38. The molecule has 16 heavy (non-hydrogen) atoms. The molecule has 0 aromatic carbocycles. The van der Waals surface area contributed by atoms with Crippen molar-refractivity contribution in [1.29, 1.82) is 0 Å². The number of hydrogen-bond acceptors (Lipinski definition) is 3. The van der Waals surface area contributed by atoms with Gasteiger partial charge in [-0.3, -0.25) is 0 Å². The number of nitrogens with one attached hydrogen (secondary N) is 1. The zero-order valence-electron chi connectivity index (χ0n) is 11.2. The van der Waals surface area contributed by atoms with Crippen LogP contribution in [0.1, 0.15) is 52.9 Å². The van der Waals surface area contributed by atoms with Crippen LogP contribution in [0.4, 0.5) is 0 Å². The summed E-state index contributed by atoms with van der Waals surface area (Å²) in [7, 11) is 0. The first-order valence-corrected chi connectivity index (χ1v) is 7.77. The van der Waals surface area contributed by atoms with Gasteiger partial charge in [-0.2, -0.15) is 11.8 Å². The summed E-state index contributed by atoms with van der Waals surface area (Å²) < 4.78 is 0. The minimum Gasteiger partial charge on any atom is -0.394 e. The summed E-state index contributed by atoms with van der Waals surface area (Å²) in [6.07, 6.45) is 6.16. The molecule has 98 valence electrons. The van der Waals surface area contributed by atoms with Crippen molar-refractivity contribution in [2.75, 3.05) is 24.7 Å². The van der Waals surface area contributed by atoms with Gasteiger partial charge in [-0.1, -0.05) is 26.7 Å². The molecular formula is C13H29NOS. The monoisotopic (exact) mass is 247 g/mol. The number of thioether (sulfide) groups is 1. The smallest absolute Gasteiger partial charge is 0.0610 e. The van der Waals surface area contributed by atoms with E-state index in [0.29, 0.717) is 0 Å². The standard InChI is InChI=1S/C13H29NOS/c1-4-6-7-10-16-11-8-13(3,12-15)14-9-5-2/h14-15H,4-12H2,1-3H3. The molecule has 3 heteroatoms. The lowest BCUT2D eigenvalue weighted by Gasteiger charge is -2.28. The number of unbranched alkanes of at least 4 members (excludes halogenated alkanes) is 2. The van der Waals surface area contributed by atoms with Crippen LogP contribution in [0.5, 0.6) is 0 Å². The van der Waals surface area contributed by atoms with Crippen LogP contribution in [0.3, 0.4) is 0 Å². The third-order valence-corrected chi connectivity index (χ3v) is 3.91. The highest BCUT2D eigenvalue weighted by molar-refractivity contribution is 7.99. The molecule has 0 heterocycles. The Morgan fingerprint density at radius 1 is 1.12 bits per heavy atom. The Hall–Kier alpha value is 0.270. The highest BCUT2D eigenvalue weighted by Crippen LogP contribution is 2.15. The average Bonchev–Trinajstić information content (AvgIpc) is 2.31. The molecule has 0 aliphatic heterocycles. The van der Waals surface area contributed by atoms with Gasteiger partial charge in [-0.15, -0.1) is 0 Å². The van der Waals surface area contributed by atoms with Crippen molar-refractivity contribution in [3.63, 3.8) is 0 Å². The van der Waals surface area contributed by atoms with E-state index in [1.807, 2.05) is 11.8 Å². The van der Waals surface area contributed by atoms with Crippen molar-refractivity contribution in [1.82, 2.24) is 5.32 Å². The highest BCUT2D eigenvalue weighted by Gasteiger charge is 2.21. The molecule has 0 aromatic rings. The van der Waals surface area contributed by atoms with E-state index in [4.69, 9.17) is 0 Å². The van der Waals surface area contributed by atoms with Crippen LogP contribution in [0.15, 0.2) is 0 Å². The van der Waals surface area contributed by atoms with Crippen molar-refractivity contribution in [3.8, 4) is 0 Å². The first kappa shape index (κ1) is 16.3. The van der Waals surface area contributed by atoms with Crippen LogP contribution < -0.4 is 5.32 Å². The summed E-state index contributed by atoms with van der Waals surface area (Å²) in [5.41, 5.74) is -0.0756. The van der Waals surface area contributed by atoms with Gasteiger partial charge in [0.05, 0.1) is 6.61 Å². The molecule has 0 aromatic heterocycles. The summed E-state index contributed by atoms with van der Waals surface area (Å²) in [5, 5.41) is 12.8. The second kappa shape index (κ2) is 10.4. The normalized spacial score (nSPS) is 15.0. The Kier molecular flexibility index (Phi) is 10.6. The van der Waals surface area contributed by atoms with Gasteiger partial charge in [-0.05, 0) is 44.2 Å². The van der Waals surface area contributed by atoms with E-state index in [1.165, 1.54) is 25.0 Å². The molecule has 2 N–H and O–H groups in total. The van der Waals surface area contributed by atoms with Crippen LogP contribution in [-0.4, -0.2) is 35.3 Å². The maximum absolute atomic E-state index is 9.38. The number of aliphatic hydroxyl groups excluding tert-OH is 1. The molecular weight excluding hydrogens is 218 g/mol. The van der Waals surface area contributed by atoms with Crippen molar-refractivity contribution in [3.05, 3.63) is 0 Å². The Morgan fingerprint density at radius 3 is 2.44 bits per heavy atom. The van der Waals surface area contributed by atoms with E-state index in [2.05, 4.69) is 26.1 Å². The summed E-state index contributed by atoms with van der Waals surface area (Å²) in [4.78, 5) is 0. The molecule has 1 unspecified atom stereocenters. The largest absolute Gasteiger partial charge is 0.394 e. The summed E-state index contributed by atoms with van der Waals surface area (Å²) in [6, 6.07) is 0. The van der Waals surface area contributed by atoms with Gasteiger partial charge in [0, 0.05) is 5.54 Å². The number of aliphatic hydroxyl groups is 1. The molecule has 1 atom stereocenters. The third kappa shape index (κ3) is 8.43. The predicted octanol–water partition coefficient (Wildman–Crippen LogP) is 3.05. The van der Waals surface area contributed by atoms with Gasteiger partial charge < -0.3 is 10.4 Å². The van der Waals surface area contributed by atoms with Gasteiger partial charge in [0.2, 0.25) is 0 Å². The van der Waals surface area contributed by atoms with E-state index in [1.54, 1.807) is 0 Å².